The van der Waals surface area contributed by atoms with E-state index in [2.05, 4.69) is 0 Å². The summed E-state index contributed by atoms with van der Waals surface area (Å²) < 4.78 is 5.48. The van der Waals surface area contributed by atoms with Crippen molar-refractivity contribution in [3.8, 4) is 0 Å². The van der Waals surface area contributed by atoms with Gasteiger partial charge in [0.05, 0.1) is 11.3 Å². The van der Waals surface area contributed by atoms with Crippen molar-refractivity contribution < 1.29 is 14.3 Å². The summed E-state index contributed by atoms with van der Waals surface area (Å²) >= 11 is 6.04. The predicted molar refractivity (Wildman–Crippen MR) is 88.7 cm³/mol. The van der Waals surface area contributed by atoms with Crippen LogP contribution in [0.25, 0.3) is 0 Å². The van der Waals surface area contributed by atoms with E-state index in [0.717, 1.165) is 12.1 Å². The summed E-state index contributed by atoms with van der Waals surface area (Å²) in [6.45, 7) is 2.57. The highest BCUT2D eigenvalue weighted by atomic mass is 35.5. The van der Waals surface area contributed by atoms with Crippen LogP contribution in [0.4, 0.5) is 5.69 Å². The van der Waals surface area contributed by atoms with Crippen LogP contribution < -0.4 is 4.90 Å². The molecule has 2 aromatic carbocycles. The third kappa shape index (κ3) is 2.94. The van der Waals surface area contributed by atoms with Gasteiger partial charge in [-0.2, -0.15) is 0 Å². The quantitative estimate of drug-likeness (QED) is 0.797. The Morgan fingerprint density at radius 2 is 1.96 bits per heavy atom. The lowest BCUT2D eigenvalue weighted by atomic mass is 10.1. The van der Waals surface area contributed by atoms with E-state index < -0.39 is 12.1 Å². The Morgan fingerprint density at radius 3 is 2.65 bits per heavy atom. The van der Waals surface area contributed by atoms with Crippen LogP contribution >= 0.6 is 11.6 Å². The largest absolute Gasteiger partial charge is 0.444 e. The molecule has 0 saturated carbocycles. The zero-order valence-corrected chi connectivity index (χ0v) is 13.4. The number of carbonyl (C=O) groups is 2. The number of halogens is 1. The van der Waals surface area contributed by atoms with Gasteiger partial charge < -0.3 is 9.64 Å². The molecule has 5 heteroatoms. The molecule has 0 spiro atoms. The Bertz CT molecular complexity index is 745. The van der Waals surface area contributed by atoms with Crippen molar-refractivity contribution in [2.45, 2.75) is 19.4 Å². The van der Waals surface area contributed by atoms with E-state index in [9.17, 15) is 9.59 Å². The van der Waals surface area contributed by atoms with Crippen molar-refractivity contribution in [2.24, 2.45) is 0 Å². The normalized spacial score (nSPS) is 16.3. The maximum atomic E-state index is 12.6. The van der Waals surface area contributed by atoms with Crippen LogP contribution in [0, 0.1) is 0 Å². The summed E-state index contributed by atoms with van der Waals surface area (Å²) in [6.07, 6.45) is -0.129. The standard InChI is InChI=1S/C18H16ClNO3/c1-2-10-20-15-9-8-13(19)11-14(15)16(17(20)21)23-18(22)12-6-4-3-5-7-12/h3-9,11,16H,2,10H2,1H3. The molecule has 23 heavy (non-hydrogen) atoms. The molecule has 0 saturated heterocycles. The van der Waals surface area contributed by atoms with Gasteiger partial charge in [0.2, 0.25) is 6.10 Å². The van der Waals surface area contributed by atoms with Crippen molar-refractivity contribution in [1.82, 2.24) is 0 Å². The molecule has 1 aliphatic rings. The number of hydrogen-bond donors (Lipinski definition) is 0. The molecule has 0 bridgehead atoms. The highest BCUT2D eigenvalue weighted by Gasteiger charge is 2.39. The van der Waals surface area contributed by atoms with Gasteiger partial charge in [0.1, 0.15) is 0 Å². The Balaban J connectivity index is 1.92. The first-order chi connectivity index (χ1) is 11.1. The number of fused-ring (bicyclic) bond motifs is 1. The van der Waals surface area contributed by atoms with E-state index in [-0.39, 0.29) is 5.91 Å². The average Bonchev–Trinajstić information content (AvgIpc) is 2.81. The number of rotatable bonds is 4. The first kappa shape index (κ1) is 15.6. The van der Waals surface area contributed by atoms with Crippen LogP contribution in [0.3, 0.4) is 0 Å². The minimum absolute atomic E-state index is 0.228. The molecule has 0 radical (unpaired) electrons. The lowest BCUT2D eigenvalue weighted by Gasteiger charge is -2.16. The molecule has 1 heterocycles. The van der Waals surface area contributed by atoms with E-state index in [0.29, 0.717) is 22.7 Å². The predicted octanol–water partition coefficient (Wildman–Crippen LogP) is 3.99. The topological polar surface area (TPSA) is 46.6 Å². The van der Waals surface area contributed by atoms with Crippen LogP contribution in [0.15, 0.2) is 48.5 Å². The molecule has 1 unspecified atom stereocenters. The summed E-state index contributed by atoms with van der Waals surface area (Å²) in [5.74, 6) is -0.748. The highest BCUT2D eigenvalue weighted by Crippen LogP contribution is 2.40. The molecular formula is C18H16ClNO3. The molecule has 0 N–H and O–H groups in total. The number of anilines is 1. The zero-order valence-electron chi connectivity index (χ0n) is 12.7. The van der Waals surface area contributed by atoms with Crippen LogP contribution in [-0.4, -0.2) is 18.4 Å². The van der Waals surface area contributed by atoms with Gasteiger partial charge >= 0.3 is 5.97 Å². The van der Waals surface area contributed by atoms with Crippen LogP contribution in [0.5, 0.6) is 0 Å². The van der Waals surface area contributed by atoms with Crippen LogP contribution in [0.1, 0.15) is 35.4 Å². The van der Waals surface area contributed by atoms with Crippen LogP contribution in [0.2, 0.25) is 5.02 Å². The summed E-state index contributed by atoms with van der Waals surface area (Å²) in [6, 6.07) is 13.8. The van der Waals surface area contributed by atoms with Gasteiger partial charge in [0.25, 0.3) is 5.91 Å². The molecule has 1 aliphatic heterocycles. The van der Waals surface area contributed by atoms with Crippen molar-refractivity contribution in [3.05, 3.63) is 64.7 Å². The Kier molecular flexibility index (Phi) is 4.35. The number of benzene rings is 2. The van der Waals surface area contributed by atoms with Gasteiger partial charge in [-0.05, 0) is 36.8 Å². The van der Waals surface area contributed by atoms with Gasteiger partial charge in [0.15, 0.2) is 0 Å². The third-order valence-corrected chi connectivity index (χ3v) is 3.97. The van der Waals surface area contributed by atoms with E-state index in [1.165, 1.54) is 0 Å². The van der Waals surface area contributed by atoms with Gasteiger partial charge in [-0.15, -0.1) is 0 Å². The number of esters is 1. The molecule has 0 aliphatic carbocycles. The second kappa shape index (κ2) is 6.42. The van der Waals surface area contributed by atoms with E-state index >= 15 is 0 Å². The molecule has 2 aromatic rings. The van der Waals surface area contributed by atoms with E-state index in [4.69, 9.17) is 16.3 Å². The Labute approximate surface area is 139 Å². The van der Waals surface area contributed by atoms with E-state index in [1.54, 1.807) is 47.4 Å². The maximum Gasteiger partial charge on any atom is 0.339 e. The van der Waals surface area contributed by atoms with Crippen molar-refractivity contribution in [1.29, 1.82) is 0 Å². The zero-order chi connectivity index (χ0) is 16.4. The lowest BCUT2D eigenvalue weighted by Crippen LogP contribution is -2.31. The fraction of sp³-hybridized carbons (Fsp3) is 0.222. The molecule has 118 valence electrons. The first-order valence-corrected chi connectivity index (χ1v) is 7.86. The molecule has 1 amide bonds. The molecule has 0 fully saturated rings. The first-order valence-electron chi connectivity index (χ1n) is 7.48. The summed E-state index contributed by atoms with van der Waals surface area (Å²) in [7, 11) is 0. The number of nitrogens with zero attached hydrogens (tertiary/aromatic N) is 1. The SMILES string of the molecule is CCCN1C(=O)C(OC(=O)c2ccccc2)c2cc(Cl)ccc21. The summed E-state index contributed by atoms with van der Waals surface area (Å²) in [4.78, 5) is 26.6. The van der Waals surface area contributed by atoms with Gasteiger partial charge in [-0.1, -0.05) is 36.7 Å². The molecule has 0 aromatic heterocycles. The third-order valence-electron chi connectivity index (χ3n) is 3.73. The second-order valence-corrected chi connectivity index (χ2v) is 5.78. The van der Waals surface area contributed by atoms with Crippen LogP contribution in [-0.2, 0) is 9.53 Å². The number of ether oxygens (including phenoxy) is 1. The second-order valence-electron chi connectivity index (χ2n) is 5.34. The lowest BCUT2D eigenvalue weighted by molar-refractivity contribution is -0.126. The number of amides is 1. The summed E-state index contributed by atoms with van der Waals surface area (Å²) in [5, 5.41) is 0.510. The Morgan fingerprint density at radius 1 is 1.22 bits per heavy atom. The number of carbonyl (C=O) groups excluding carboxylic acids is 2. The fourth-order valence-corrected chi connectivity index (χ4v) is 2.87. The Hall–Kier alpha value is -2.33. The fourth-order valence-electron chi connectivity index (χ4n) is 2.69. The summed E-state index contributed by atoms with van der Waals surface area (Å²) in [5.41, 5.74) is 1.81. The monoisotopic (exact) mass is 329 g/mol. The van der Waals surface area contributed by atoms with Crippen molar-refractivity contribution in [2.75, 3.05) is 11.4 Å². The van der Waals surface area contributed by atoms with Crippen molar-refractivity contribution in [3.63, 3.8) is 0 Å². The van der Waals surface area contributed by atoms with Crippen molar-refractivity contribution >= 4 is 29.2 Å². The smallest absolute Gasteiger partial charge is 0.339 e. The average molecular weight is 330 g/mol. The molecule has 4 nitrogen and oxygen atoms in total. The molecular weight excluding hydrogens is 314 g/mol. The van der Waals surface area contributed by atoms with Gasteiger partial charge in [0, 0.05) is 17.1 Å². The number of hydrogen-bond acceptors (Lipinski definition) is 3. The van der Waals surface area contributed by atoms with Gasteiger partial charge in [-0.25, -0.2) is 4.79 Å². The highest BCUT2D eigenvalue weighted by molar-refractivity contribution is 6.31. The maximum absolute atomic E-state index is 12.6. The molecule has 1 atom stereocenters. The minimum atomic E-state index is -0.942. The van der Waals surface area contributed by atoms with Gasteiger partial charge in [-0.3, -0.25) is 4.79 Å². The van der Waals surface area contributed by atoms with E-state index in [1.807, 2.05) is 13.0 Å². The minimum Gasteiger partial charge on any atom is -0.444 e. The molecule has 3 rings (SSSR count).